The van der Waals surface area contributed by atoms with Crippen molar-refractivity contribution in [3.8, 4) is 0 Å². The number of rotatable bonds is 3. The molecule has 0 aromatic rings. The maximum Gasteiger partial charge on any atom is 0.108 e. The van der Waals surface area contributed by atoms with E-state index in [0.29, 0.717) is 0 Å². The van der Waals surface area contributed by atoms with Crippen molar-refractivity contribution in [2.24, 2.45) is 0 Å². The predicted molar refractivity (Wildman–Crippen MR) is 55.0 cm³/mol. The zero-order chi connectivity index (χ0) is 8.31. The molecule has 2 atom stereocenters. The molecule has 0 aromatic carbocycles. The third-order valence-corrected chi connectivity index (χ3v) is 11.9. The van der Waals surface area contributed by atoms with Gasteiger partial charge in [0.15, 0.2) is 0 Å². The van der Waals surface area contributed by atoms with Gasteiger partial charge in [-0.15, -0.1) is 0 Å². The van der Waals surface area contributed by atoms with E-state index in [1.54, 1.807) is 0 Å². The van der Waals surface area contributed by atoms with E-state index in [0.717, 1.165) is 5.16 Å². The van der Waals surface area contributed by atoms with Crippen LogP contribution in [0.1, 0.15) is 6.92 Å². The molecular formula is C7H21NSi2. The van der Waals surface area contributed by atoms with Gasteiger partial charge in [-0.2, -0.15) is 0 Å². The van der Waals surface area contributed by atoms with Crippen molar-refractivity contribution < 1.29 is 0 Å². The Bertz CT molecular complexity index is 81.6. The summed E-state index contributed by atoms with van der Waals surface area (Å²) in [5.74, 6) is 0. The lowest BCUT2D eigenvalue weighted by Crippen LogP contribution is -2.37. The highest BCUT2D eigenvalue weighted by molar-refractivity contribution is 6.76. The first kappa shape index (κ1) is 10.4. The van der Waals surface area contributed by atoms with Gasteiger partial charge in [-0.25, -0.2) is 0 Å². The van der Waals surface area contributed by atoms with Gasteiger partial charge in [0.05, 0.1) is 0 Å². The Morgan fingerprint density at radius 3 is 1.60 bits per heavy atom. The molecule has 0 amide bonds. The van der Waals surface area contributed by atoms with Crippen LogP contribution >= 0.6 is 0 Å². The Labute approximate surface area is 68.7 Å². The fourth-order valence-electron chi connectivity index (χ4n) is 1.03. The lowest BCUT2D eigenvalue weighted by Gasteiger charge is -2.26. The van der Waals surface area contributed by atoms with Crippen LogP contribution in [0.5, 0.6) is 0 Å². The maximum absolute atomic E-state index is 2.46. The first-order valence-corrected chi connectivity index (χ1v) is 9.44. The molecule has 0 heterocycles. The van der Waals surface area contributed by atoms with E-state index in [9.17, 15) is 0 Å². The van der Waals surface area contributed by atoms with E-state index in [2.05, 4.69) is 45.2 Å². The fourth-order valence-corrected chi connectivity index (χ4v) is 7.46. The summed E-state index contributed by atoms with van der Waals surface area (Å²) in [7, 11) is 3.56. The lowest BCUT2D eigenvalue weighted by molar-refractivity contribution is 0.636. The highest BCUT2D eigenvalue weighted by Gasteiger charge is 2.19. The van der Waals surface area contributed by atoms with Crippen molar-refractivity contribution in [1.29, 1.82) is 0 Å². The molecule has 0 spiro atoms. The minimum Gasteiger partial charge on any atom is -0.332 e. The van der Waals surface area contributed by atoms with E-state index in [-0.39, 0.29) is 8.80 Å². The van der Waals surface area contributed by atoms with Gasteiger partial charge in [-0.1, -0.05) is 26.6 Å². The Morgan fingerprint density at radius 1 is 1.10 bits per heavy atom. The van der Waals surface area contributed by atoms with E-state index in [1.165, 1.54) is 0 Å². The Balaban J connectivity index is 3.81. The first-order chi connectivity index (χ1) is 4.46. The molecule has 0 fully saturated rings. The molecule has 2 unspecified atom stereocenters. The van der Waals surface area contributed by atoms with Crippen LogP contribution in [-0.2, 0) is 0 Å². The zero-order valence-corrected chi connectivity index (χ0v) is 10.5. The molecule has 0 aliphatic rings. The van der Waals surface area contributed by atoms with Crippen LogP contribution < -0.4 is 0 Å². The van der Waals surface area contributed by atoms with Gasteiger partial charge in [0, 0.05) is 8.80 Å². The number of hydrogen-bond donors (Lipinski definition) is 0. The normalized spacial score (nSPS) is 18.0. The van der Waals surface area contributed by atoms with Crippen LogP contribution in [0, 0.1) is 0 Å². The quantitative estimate of drug-likeness (QED) is 0.585. The van der Waals surface area contributed by atoms with Crippen molar-refractivity contribution >= 4 is 17.8 Å². The first-order valence-electron chi connectivity index (χ1n) is 4.13. The summed E-state index contributed by atoms with van der Waals surface area (Å²) in [5.41, 5.74) is 0. The van der Waals surface area contributed by atoms with Crippen molar-refractivity contribution in [1.82, 2.24) is 4.57 Å². The van der Waals surface area contributed by atoms with Crippen LogP contribution in [0.25, 0.3) is 0 Å². The van der Waals surface area contributed by atoms with Gasteiger partial charge < -0.3 is 4.57 Å². The average Bonchev–Trinajstić information content (AvgIpc) is 1.84. The molecule has 0 aliphatic heterocycles. The molecule has 0 bridgehead atoms. The summed E-state index contributed by atoms with van der Waals surface area (Å²) < 4.78 is 2.46. The van der Waals surface area contributed by atoms with Gasteiger partial charge in [0.25, 0.3) is 0 Å². The Kier molecular flexibility index (Phi) is 4.48. The van der Waals surface area contributed by atoms with Gasteiger partial charge in [0.2, 0.25) is 0 Å². The summed E-state index contributed by atoms with van der Waals surface area (Å²) in [5, 5.41) is 1.06. The van der Waals surface area contributed by atoms with Crippen molar-refractivity contribution in [3.05, 3.63) is 0 Å². The molecule has 0 radical (unpaired) electrons. The largest absolute Gasteiger partial charge is 0.332 e. The molecule has 0 rings (SSSR count). The standard InChI is InChI=1S/C7H21NSi2/c1-7(9(4)5)10(6)8(2)3/h7,9-10H,1-6H3. The summed E-state index contributed by atoms with van der Waals surface area (Å²) in [6.07, 6.45) is 0. The molecule has 0 aliphatic carbocycles. The van der Waals surface area contributed by atoms with E-state index >= 15 is 0 Å². The number of nitrogens with zero attached hydrogens (tertiary/aromatic N) is 1. The van der Waals surface area contributed by atoms with E-state index in [1.807, 2.05) is 0 Å². The summed E-state index contributed by atoms with van der Waals surface area (Å²) in [4.78, 5) is 0. The van der Waals surface area contributed by atoms with Crippen molar-refractivity contribution in [2.75, 3.05) is 14.1 Å². The predicted octanol–water partition coefficient (Wildman–Crippen LogP) is 1.32. The van der Waals surface area contributed by atoms with Gasteiger partial charge in [0.1, 0.15) is 8.96 Å². The molecule has 10 heavy (non-hydrogen) atoms. The second kappa shape index (κ2) is 4.31. The monoisotopic (exact) mass is 175 g/mol. The second-order valence-electron chi connectivity index (χ2n) is 3.81. The Hall–Kier alpha value is 0.394. The second-order valence-corrected chi connectivity index (χ2v) is 11.7. The third kappa shape index (κ3) is 2.99. The van der Waals surface area contributed by atoms with Crippen LogP contribution in [0.15, 0.2) is 0 Å². The summed E-state index contributed by atoms with van der Waals surface area (Å²) in [6.45, 7) is 9.81. The minimum absolute atomic E-state index is 0.359. The summed E-state index contributed by atoms with van der Waals surface area (Å²) in [6, 6.07) is 0. The van der Waals surface area contributed by atoms with Gasteiger partial charge in [-0.05, 0) is 19.3 Å². The van der Waals surface area contributed by atoms with Crippen LogP contribution in [-0.4, -0.2) is 36.4 Å². The lowest BCUT2D eigenvalue weighted by atomic mass is 10.9. The molecule has 62 valence electrons. The topological polar surface area (TPSA) is 3.24 Å². The zero-order valence-electron chi connectivity index (χ0n) is 8.18. The SMILES string of the molecule is CC([SiH](C)C)[SiH](C)N(C)C. The van der Waals surface area contributed by atoms with Crippen LogP contribution in [0.3, 0.4) is 0 Å². The van der Waals surface area contributed by atoms with Crippen molar-refractivity contribution in [2.45, 2.75) is 31.7 Å². The Morgan fingerprint density at radius 2 is 1.50 bits per heavy atom. The van der Waals surface area contributed by atoms with Crippen LogP contribution in [0.4, 0.5) is 0 Å². The molecule has 0 saturated carbocycles. The molecule has 0 saturated heterocycles. The molecule has 0 N–H and O–H groups in total. The van der Waals surface area contributed by atoms with Crippen molar-refractivity contribution in [3.63, 3.8) is 0 Å². The van der Waals surface area contributed by atoms with Crippen LogP contribution in [0.2, 0.25) is 24.8 Å². The highest BCUT2D eigenvalue weighted by Crippen LogP contribution is 2.14. The van der Waals surface area contributed by atoms with Gasteiger partial charge in [-0.3, -0.25) is 0 Å². The fraction of sp³-hybridized carbons (Fsp3) is 1.00. The highest BCUT2D eigenvalue weighted by atomic mass is 28.3. The molecular weight excluding hydrogens is 154 g/mol. The third-order valence-electron chi connectivity index (χ3n) is 2.63. The molecule has 0 aromatic heterocycles. The maximum atomic E-state index is 2.46. The number of hydrogen-bond acceptors (Lipinski definition) is 1. The van der Waals surface area contributed by atoms with E-state index < -0.39 is 8.96 Å². The minimum atomic E-state index is -0.532. The summed E-state index contributed by atoms with van der Waals surface area (Å²) >= 11 is 0. The molecule has 3 heteroatoms. The van der Waals surface area contributed by atoms with Gasteiger partial charge >= 0.3 is 0 Å². The average molecular weight is 175 g/mol. The molecule has 1 nitrogen and oxygen atoms in total. The van der Waals surface area contributed by atoms with E-state index in [4.69, 9.17) is 0 Å². The smallest absolute Gasteiger partial charge is 0.108 e.